The van der Waals surface area contributed by atoms with Crippen molar-refractivity contribution in [2.45, 2.75) is 46.3 Å². The van der Waals surface area contributed by atoms with Crippen LogP contribution < -0.4 is 5.32 Å². The van der Waals surface area contributed by atoms with Crippen molar-refractivity contribution in [1.82, 2.24) is 5.32 Å². The Morgan fingerprint density at radius 2 is 1.74 bits per heavy atom. The fraction of sp³-hybridized carbons (Fsp3) is 0.846. The molecule has 0 heterocycles. The van der Waals surface area contributed by atoms with Gasteiger partial charge in [-0.1, -0.05) is 13.8 Å². The van der Waals surface area contributed by atoms with Crippen LogP contribution in [0.25, 0.3) is 0 Å². The molecule has 0 aromatic rings. The van der Waals surface area contributed by atoms with E-state index >= 15 is 0 Å². The third-order valence-electron chi connectivity index (χ3n) is 1.91. The number of hydrogen-bond donors (Lipinski definition) is 1. The highest BCUT2D eigenvalue weighted by Gasteiger charge is 2.25. The lowest BCUT2D eigenvalue weighted by atomic mass is 10.2. The van der Waals surface area contributed by atoms with Crippen molar-refractivity contribution < 1.29 is 23.8 Å². The lowest BCUT2D eigenvalue weighted by Crippen LogP contribution is -2.46. The fourth-order valence-corrected chi connectivity index (χ4v) is 1.18. The number of amides is 1. The molecule has 0 spiro atoms. The highest BCUT2D eigenvalue weighted by molar-refractivity contribution is 5.81. The molecule has 6 nitrogen and oxygen atoms in total. The Hall–Kier alpha value is -1.30. The van der Waals surface area contributed by atoms with Crippen molar-refractivity contribution in [3.05, 3.63) is 0 Å². The second kappa shape index (κ2) is 7.99. The maximum absolute atomic E-state index is 11.6. The van der Waals surface area contributed by atoms with Gasteiger partial charge in [0.25, 0.3) is 0 Å². The molecule has 1 N–H and O–H groups in total. The van der Waals surface area contributed by atoms with Crippen LogP contribution in [0.3, 0.4) is 0 Å². The van der Waals surface area contributed by atoms with Crippen molar-refractivity contribution in [2.24, 2.45) is 5.92 Å². The molecule has 0 aromatic heterocycles. The Morgan fingerprint density at radius 1 is 1.16 bits per heavy atom. The highest BCUT2D eigenvalue weighted by atomic mass is 16.6. The van der Waals surface area contributed by atoms with Crippen molar-refractivity contribution >= 4 is 12.1 Å². The molecule has 0 aromatic carbocycles. The van der Waals surface area contributed by atoms with Gasteiger partial charge in [0.1, 0.15) is 5.60 Å². The normalized spacial score (nSPS) is 13.0. The molecule has 0 rings (SSSR count). The molecule has 6 heteroatoms. The van der Waals surface area contributed by atoms with E-state index in [1.165, 1.54) is 7.11 Å². The minimum Gasteiger partial charge on any atom is -0.467 e. The van der Waals surface area contributed by atoms with Gasteiger partial charge in [0.05, 0.1) is 13.7 Å². The minimum absolute atomic E-state index is 0.0596. The topological polar surface area (TPSA) is 73.9 Å². The number of ether oxygens (including phenoxy) is 3. The maximum Gasteiger partial charge on any atom is 0.408 e. The molecule has 0 unspecified atom stereocenters. The van der Waals surface area contributed by atoms with E-state index in [1.54, 1.807) is 20.8 Å². The first-order valence-electron chi connectivity index (χ1n) is 6.30. The third-order valence-corrected chi connectivity index (χ3v) is 1.91. The predicted molar refractivity (Wildman–Crippen MR) is 70.8 cm³/mol. The van der Waals surface area contributed by atoms with Crippen LogP contribution in [0.4, 0.5) is 4.79 Å². The van der Waals surface area contributed by atoms with Crippen molar-refractivity contribution in [3.8, 4) is 0 Å². The van der Waals surface area contributed by atoms with Crippen LogP contribution in [0.2, 0.25) is 0 Å². The zero-order chi connectivity index (χ0) is 15.1. The summed E-state index contributed by atoms with van der Waals surface area (Å²) in [5.41, 5.74) is -0.621. The number of methoxy groups -OCH3 is 1. The van der Waals surface area contributed by atoms with Gasteiger partial charge in [-0.15, -0.1) is 0 Å². The van der Waals surface area contributed by atoms with Crippen molar-refractivity contribution in [2.75, 3.05) is 20.3 Å². The van der Waals surface area contributed by atoms with E-state index in [9.17, 15) is 9.59 Å². The average Bonchev–Trinajstić information content (AvgIpc) is 2.23. The van der Waals surface area contributed by atoms with Crippen LogP contribution in [-0.4, -0.2) is 44.0 Å². The highest BCUT2D eigenvalue weighted by Crippen LogP contribution is 2.07. The molecule has 0 aliphatic heterocycles. The SMILES string of the molecule is COC(=O)[C@@H](COCC(C)C)NC(=O)OC(C)(C)C. The predicted octanol–water partition coefficient (Wildman–Crippen LogP) is 1.73. The zero-order valence-corrected chi connectivity index (χ0v) is 12.6. The summed E-state index contributed by atoms with van der Waals surface area (Å²) in [5, 5.41) is 2.44. The van der Waals surface area contributed by atoms with Gasteiger partial charge < -0.3 is 19.5 Å². The van der Waals surface area contributed by atoms with E-state index in [1.807, 2.05) is 13.8 Å². The summed E-state index contributed by atoms with van der Waals surface area (Å²) in [6, 6.07) is -0.862. The zero-order valence-electron chi connectivity index (χ0n) is 12.6. The number of alkyl carbamates (subject to hydrolysis) is 1. The summed E-state index contributed by atoms with van der Waals surface area (Å²) in [7, 11) is 1.26. The van der Waals surface area contributed by atoms with Crippen LogP contribution in [0.1, 0.15) is 34.6 Å². The van der Waals surface area contributed by atoms with Gasteiger partial charge >= 0.3 is 12.1 Å². The van der Waals surface area contributed by atoms with Crippen LogP contribution >= 0.6 is 0 Å². The van der Waals surface area contributed by atoms with Crippen LogP contribution in [0, 0.1) is 5.92 Å². The molecule has 0 bridgehead atoms. The minimum atomic E-state index is -0.862. The first-order chi connectivity index (χ1) is 8.65. The van der Waals surface area contributed by atoms with Crippen LogP contribution in [-0.2, 0) is 19.0 Å². The first-order valence-corrected chi connectivity index (χ1v) is 6.30. The third kappa shape index (κ3) is 9.30. The number of rotatable bonds is 6. The molecule has 112 valence electrons. The summed E-state index contributed by atoms with van der Waals surface area (Å²) in [6.45, 7) is 9.79. The number of carbonyl (C=O) groups excluding carboxylic acids is 2. The van der Waals surface area contributed by atoms with Gasteiger partial charge in [-0.2, -0.15) is 0 Å². The Balaban J connectivity index is 4.35. The van der Waals surface area contributed by atoms with Crippen LogP contribution in [0.5, 0.6) is 0 Å². The van der Waals surface area contributed by atoms with Gasteiger partial charge in [-0.25, -0.2) is 9.59 Å². The Labute approximate surface area is 114 Å². The van der Waals surface area contributed by atoms with Crippen molar-refractivity contribution in [3.63, 3.8) is 0 Å². The smallest absolute Gasteiger partial charge is 0.408 e. The number of esters is 1. The van der Waals surface area contributed by atoms with Gasteiger partial charge in [-0.3, -0.25) is 0 Å². The second-order valence-corrected chi connectivity index (χ2v) is 5.65. The summed E-state index contributed by atoms with van der Waals surface area (Å²) < 4.78 is 15.0. The monoisotopic (exact) mass is 275 g/mol. The molecule has 0 radical (unpaired) electrons. The first kappa shape index (κ1) is 17.7. The summed E-state index contributed by atoms with van der Waals surface area (Å²) >= 11 is 0. The van der Waals surface area contributed by atoms with Gasteiger partial charge in [-0.05, 0) is 26.7 Å². The Morgan fingerprint density at radius 3 is 2.16 bits per heavy atom. The molecule has 0 aliphatic rings. The summed E-state index contributed by atoms with van der Waals surface area (Å²) in [4.78, 5) is 23.1. The largest absolute Gasteiger partial charge is 0.467 e. The molecule has 1 amide bonds. The lowest BCUT2D eigenvalue weighted by Gasteiger charge is -2.22. The summed E-state index contributed by atoms with van der Waals surface area (Å²) in [6.07, 6.45) is -0.670. The fourth-order valence-electron chi connectivity index (χ4n) is 1.18. The number of hydrogen-bond acceptors (Lipinski definition) is 5. The van der Waals surface area contributed by atoms with Gasteiger partial charge in [0.2, 0.25) is 0 Å². The molecule has 1 atom stereocenters. The molecular formula is C13H25NO5. The van der Waals surface area contributed by atoms with Gasteiger partial charge in [0, 0.05) is 6.61 Å². The van der Waals surface area contributed by atoms with E-state index in [4.69, 9.17) is 9.47 Å². The van der Waals surface area contributed by atoms with Gasteiger partial charge in [0.15, 0.2) is 6.04 Å². The standard InChI is InChI=1S/C13H25NO5/c1-9(2)7-18-8-10(11(15)17-6)14-12(16)19-13(3,4)5/h9-10H,7-8H2,1-6H3,(H,14,16)/t10-/m1/s1. The molecule has 19 heavy (non-hydrogen) atoms. The number of nitrogens with one attached hydrogen (secondary N) is 1. The van der Waals surface area contributed by atoms with E-state index in [0.717, 1.165) is 0 Å². The molecular weight excluding hydrogens is 250 g/mol. The van der Waals surface area contributed by atoms with E-state index < -0.39 is 23.7 Å². The lowest BCUT2D eigenvalue weighted by molar-refractivity contribution is -0.144. The van der Waals surface area contributed by atoms with Crippen LogP contribution in [0.15, 0.2) is 0 Å². The number of carbonyl (C=O) groups is 2. The summed E-state index contributed by atoms with van der Waals surface area (Å²) in [5.74, 6) is -0.213. The Bertz CT molecular complexity index is 296. The molecule has 0 fully saturated rings. The van der Waals surface area contributed by atoms with E-state index in [-0.39, 0.29) is 6.61 Å². The average molecular weight is 275 g/mol. The van der Waals surface area contributed by atoms with E-state index in [0.29, 0.717) is 12.5 Å². The quantitative estimate of drug-likeness (QED) is 0.747. The Kier molecular flexibility index (Phi) is 7.44. The second-order valence-electron chi connectivity index (χ2n) is 5.65. The van der Waals surface area contributed by atoms with E-state index in [2.05, 4.69) is 10.1 Å². The van der Waals surface area contributed by atoms with Crippen molar-refractivity contribution in [1.29, 1.82) is 0 Å². The molecule has 0 saturated heterocycles. The molecule has 0 aliphatic carbocycles. The maximum atomic E-state index is 11.6. The molecule has 0 saturated carbocycles.